The van der Waals surface area contributed by atoms with Crippen LogP contribution in [-0.4, -0.2) is 42.0 Å². The molecule has 0 bridgehead atoms. The zero-order valence-electron chi connectivity index (χ0n) is 13.8. The van der Waals surface area contributed by atoms with Gasteiger partial charge in [-0.15, -0.1) is 0 Å². The minimum Gasteiger partial charge on any atom is -0.353 e. The summed E-state index contributed by atoms with van der Waals surface area (Å²) in [6.07, 6.45) is -3.20. The van der Waals surface area contributed by atoms with Crippen LogP contribution in [0.15, 0.2) is 47.1 Å². The lowest BCUT2D eigenvalue weighted by atomic mass is 10.1. The second-order valence-electron chi connectivity index (χ2n) is 6.07. The first-order valence-electron chi connectivity index (χ1n) is 8.13. The smallest absolute Gasteiger partial charge is 0.353 e. The summed E-state index contributed by atoms with van der Waals surface area (Å²) in [5.41, 5.74) is 0.189. The first-order chi connectivity index (χ1) is 12.3. The number of alkyl halides is 3. The van der Waals surface area contributed by atoms with Gasteiger partial charge in [-0.2, -0.15) is 13.2 Å². The molecule has 1 amide bonds. The van der Waals surface area contributed by atoms with Crippen LogP contribution in [-0.2, 0) is 17.4 Å². The zero-order valence-corrected chi connectivity index (χ0v) is 15.4. The molecule has 1 fully saturated rings. The molecule has 1 aromatic heterocycles. The maximum atomic E-state index is 12.6. The second-order valence-corrected chi connectivity index (χ2v) is 6.99. The highest BCUT2D eigenvalue weighted by Gasteiger charge is 2.31. The first-order valence-corrected chi connectivity index (χ1v) is 8.92. The topological polar surface area (TPSA) is 36.4 Å². The molecule has 1 aromatic carbocycles. The Morgan fingerprint density at radius 1 is 1.04 bits per heavy atom. The molecule has 8 heteroatoms. The number of aromatic nitrogens is 1. The van der Waals surface area contributed by atoms with E-state index < -0.39 is 11.7 Å². The van der Waals surface area contributed by atoms with Gasteiger partial charge >= 0.3 is 6.18 Å². The van der Waals surface area contributed by atoms with Crippen LogP contribution in [0.4, 0.5) is 19.0 Å². The van der Waals surface area contributed by atoms with Gasteiger partial charge in [0.05, 0.1) is 12.0 Å². The van der Waals surface area contributed by atoms with E-state index >= 15 is 0 Å². The number of rotatable bonds is 3. The molecule has 2 heterocycles. The van der Waals surface area contributed by atoms with Crippen molar-refractivity contribution in [1.82, 2.24) is 9.88 Å². The van der Waals surface area contributed by atoms with E-state index in [2.05, 4.69) is 20.9 Å². The predicted octanol–water partition coefficient (Wildman–Crippen LogP) is 3.75. The Morgan fingerprint density at radius 2 is 1.69 bits per heavy atom. The fourth-order valence-electron chi connectivity index (χ4n) is 2.81. The average molecular weight is 428 g/mol. The Bertz CT molecular complexity index is 755. The van der Waals surface area contributed by atoms with Gasteiger partial charge in [0.15, 0.2) is 0 Å². The third-order valence-corrected chi connectivity index (χ3v) is 4.83. The fraction of sp³-hybridized carbons (Fsp3) is 0.333. The summed E-state index contributed by atoms with van der Waals surface area (Å²) >= 11 is 3.36. The highest BCUT2D eigenvalue weighted by molar-refractivity contribution is 9.10. The van der Waals surface area contributed by atoms with Gasteiger partial charge in [0.25, 0.3) is 0 Å². The molecule has 2 aromatic rings. The molecule has 0 saturated carbocycles. The van der Waals surface area contributed by atoms with Gasteiger partial charge < -0.3 is 9.80 Å². The van der Waals surface area contributed by atoms with Crippen molar-refractivity contribution in [3.8, 4) is 0 Å². The van der Waals surface area contributed by atoms with Crippen molar-refractivity contribution in [2.45, 2.75) is 12.6 Å². The molecule has 0 radical (unpaired) electrons. The van der Waals surface area contributed by atoms with Gasteiger partial charge in [-0.1, -0.05) is 28.1 Å². The highest BCUT2D eigenvalue weighted by atomic mass is 79.9. The van der Waals surface area contributed by atoms with Crippen molar-refractivity contribution in [1.29, 1.82) is 0 Å². The molecule has 138 valence electrons. The molecular formula is C18H17BrF3N3O. The van der Waals surface area contributed by atoms with Crippen LogP contribution in [0.1, 0.15) is 11.1 Å². The summed E-state index contributed by atoms with van der Waals surface area (Å²) in [4.78, 5) is 20.0. The van der Waals surface area contributed by atoms with Crippen molar-refractivity contribution in [3.05, 3.63) is 58.2 Å². The third kappa shape index (κ3) is 4.55. The number of pyridine rings is 1. The van der Waals surface area contributed by atoms with Crippen LogP contribution in [0.2, 0.25) is 0 Å². The Labute approximate surface area is 157 Å². The number of halogens is 4. The Morgan fingerprint density at radius 3 is 2.23 bits per heavy atom. The number of carbonyl (C=O) groups is 1. The van der Waals surface area contributed by atoms with E-state index in [1.165, 1.54) is 6.07 Å². The van der Waals surface area contributed by atoms with Gasteiger partial charge in [0.1, 0.15) is 5.82 Å². The van der Waals surface area contributed by atoms with Crippen LogP contribution in [0.5, 0.6) is 0 Å². The van der Waals surface area contributed by atoms with Crippen molar-refractivity contribution < 1.29 is 18.0 Å². The Hall–Kier alpha value is -2.09. The summed E-state index contributed by atoms with van der Waals surface area (Å²) < 4.78 is 38.8. The number of amides is 1. The number of carbonyl (C=O) groups excluding carboxylic acids is 1. The largest absolute Gasteiger partial charge is 0.417 e. The van der Waals surface area contributed by atoms with Crippen LogP contribution in [0, 0.1) is 0 Å². The molecule has 0 N–H and O–H groups in total. The van der Waals surface area contributed by atoms with Gasteiger partial charge in [0.2, 0.25) is 5.91 Å². The Kier molecular flexibility index (Phi) is 5.50. The summed E-state index contributed by atoms with van der Waals surface area (Å²) in [5, 5.41) is 0. The van der Waals surface area contributed by atoms with E-state index in [1.54, 1.807) is 4.90 Å². The van der Waals surface area contributed by atoms with Crippen molar-refractivity contribution in [2.24, 2.45) is 0 Å². The molecule has 0 spiro atoms. The molecule has 26 heavy (non-hydrogen) atoms. The number of anilines is 1. The lowest BCUT2D eigenvalue weighted by Crippen LogP contribution is -2.49. The van der Waals surface area contributed by atoms with Crippen molar-refractivity contribution >= 4 is 27.7 Å². The highest BCUT2D eigenvalue weighted by Crippen LogP contribution is 2.29. The average Bonchev–Trinajstić information content (AvgIpc) is 2.63. The number of piperazine rings is 1. The summed E-state index contributed by atoms with van der Waals surface area (Å²) in [6.45, 7) is 2.14. The monoisotopic (exact) mass is 427 g/mol. The minimum atomic E-state index is -4.39. The molecule has 1 aliphatic rings. The fourth-order valence-corrected chi connectivity index (χ4v) is 3.08. The van der Waals surface area contributed by atoms with Crippen molar-refractivity contribution in [3.63, 3.8) is 0 Å². The normalized spacial score (nSPS) is 15.2. The maximum absolute atomic E-state index is 12.6. The lowest BCUT2D eigenvalue weighted by Gasteiger charge is -2.35. The second kappa shape index (κ2) is 7.65. The van der Waals surface area contributed by atoms with E-state index in [0.29, 0.717) is 38.4 Å². The quantitative estimate of drug-likeness (QED) is 0.748. The number of hydrogen-bond acceptors (Lipinski definition) is 3. The maximum Gasteiger partial charge on any atom is 0.417 e. The first kappa shape index (κ1) is 18.7. The van der Waals surface area contributed by atoms with Crippen molar-refractivity contribution in [2.75, 3.05) is 31.1 Å². The van der Waals surface area contributed by atoms with Gasteiger partial charge in [-0.25, -0.2) is 4.98 Å². The summed E-state index contributed by atoms with van der Waals surface area (Å²) in [7, 11) is 0. The molecule has 0 aliphatic carbocycles. The summed E-state index contributed by atoms with van der Waals surface area (Å²) in [5.74, 6) is 0.547. The molecule has 3 rings (SSSR count). The molecule has 1 aliphatic heterocycles. The molecular weight excluding hydrogens is 411 g/mol. The van der Waals surface area contributed by atoms with Crippen LogP contribution < -0.4 is 4.90 Å². The number of benzene rings is 1. The minimum absolute atomic E-state index is 0.0485. The predicted molar refractivity (Wildman–Crippen MR) is 95.9 cm³/mol. The van der Waals surface area contributed by atoms with Crippen LogP contribution >= 0.6 is 15.9 Å². The molecule has 0 atom stereocenters. The molecule has 0 unspecified atom stereocenters. The van der Waals surface area contributed by atoms with E-state index in [9.17, 15) is 18.0 Å². The van der Waals surface area contributed by atoms with E-state index in [-0.39, 0.29) is 5.91 Å². The zero-order chi connectivity index (χ0) is 18.7. The van der Waals surface area contributed by atoms with Crippen LogP contribution in [0.25, 0.3) is 0 Å². The van der Waals surface area contributed by atoms with E-state index in [0.717, 1.165) is 22.3 Å². The number of hydrogen-bond donors (Lipinski definition) is 0. The Balaban J connectivity index is 1.55. The van der Waals surface area contributed by atoms with Gasteiger partial charge in [0, 0.05) is 36.8 Å². The third-order valence-electron chi connectivity index (χ3n) is 4.30. The molecule has 4 nitrogen and oxygen atoms in total. The van der Waals surface area contributed by atoms with Crippen LogP contribution in [0.3, 0.4) is 0 Å². The molecule has 1 saturated heterocycles. The SMILES string of the molecule is O=C(Cc1ccc(Br)cc1)N1CCN(c2ccc(C(F)(F)F)cn2)CC1. The van der Waals surface area contributed by atoms with E-state index in [1.807, 2.05) is 29.2 Å². The lowest BCUT2D eigenvalue weighted by molar-refractivity contribution is -0.137. The van der Waals surface area contributed by atoms with Gasteiger partial charge in [-0.05, 0) is 29.8 Å². The standard InChI is InChI=1S/C18H17BrF3N3O/c19-15-4-1-13(2-5-15)11-17(26)25-9-7-24(8-10-25)16-6-3-14(12-23-16)18(20,21)22/h1-6,12H,7-11H2. The van der Waals surface area contributed by atoms with E-state index in [4.69, 9.17) is 0 Å². The summed E-state index contributed by atoms with van der Waals surface area (Å²) in [6, 6.07) is 10.0. The number of nitrogens with zero attached hydrogens (tertiary/aromatic N) is 3. The van der Waals surface area contributed by atoms with Gasteiger partial charge in [-0.3, -0.25) is 4.79 Å².